The molecule has 5 heterocycles. The molecule has 1 aliphatic heterocycles. The molecule has 12 heteroatoms. The number of hydrogen-bond donors (Lipinski definition) is 2. The van der Waals surface area contributed by atoms with E-state index in [1.54, 1.807) is 6.20 Å². The highest BCUT2D eigenvalue weighted by Gasteiger charge is 2.40. The van der Waals surface area contributed by atoms with Crippen LogP contribution in [-0.2, 0) is 12.0 Å². The van der Waals surface area contributed by atoms with Crippen LogP contribution in [0, 0.1) is 5.82 Å². The zero-order valence-corrected chi connectivity index (χ0v) is 17.6. The molecule has 0 fully saturated rings. The maximum atomic E-state index is 14.3. The Balaban J connectivity index is 1.63. The summed E-state index contributed by atoms with van der Waals surface area (Å²) < 4.78 is 48.4. The van der Waals surface area contributed by atoms with Crippen molar-refractivity contribution in [3.8, 4) is 0 Å². The number of amides is 1. The standard InChI is InChI=1S/C21H19F3N6O3/c1-21(2,32)20-27-15(18(23)24)17(33-20)19(31)29-7-5-11-14(26-9-25-11)16(29)12-8-13-10(22)4-3-6-30(13)28-12/h3-4,6,8-9,16,18,32H,5,7H2,1-2H3,(H,25,26)/t16-/m1/s1. The lowest BCUT2D eigenvalue weighted by Crippen LogP contribution is -2.41. The van der Waals surface area contributed by atoms with E-state index in [4.69, 9.17) is 4.42 Å². The van der Waals surface area contributed by atoms with E-state index in [1.165, 1.54) is 47.8 Å². The van der Waals surface area contributed by atoms with Gasteiger partial charge in [0.25, 0.3) is 12.3 Å². The molecule has 172 valence electrons. The number of pyridine rings is 1. The highest BCUT2D eigenvalue weighted by Crippen LogP contribution is 2.36. The van der Waals surface area contributed by atoms with Gasteiger partial charge in [-0.3, -0.25) is 4.79 Å². The number of nitrogens with zero attached hydrogens (tertiary/aromatic N) is 5. The maximum absolute atomic E-state index is 14.3. The topological polar surface area (TPSA) is 113 Å². The fourth-order valence-electron chi connectivity index (χ4n) is 3.95. The Morgan fingerprint density at radius 2 is 2.18 bits per heavy atom. The van der Waals surface area contributed by atoms with Gasteiger partial charge in [-0.25, -0.2) is 27.7 Å². The molecule has 0 radical (unpaired) electrons. The lowest BCUT2D eigenvalue weighted by molar-refractivity contribution is 0.0440. The minimum Gasteiger partial charge on any atom is -0.432 e. The van der Waals surface area contributed by atoms with Crippen molar-refractivity contribution < 1.29 is 27.5 Å². The number of aromatic nitrogens is 5. The van der Waals surface area contributed by atoms with E-state index >= 15 is 0 Å². The van der Waals surface area contributed by atoms with Gasteiger partial charge in [-0.1, -0.05) is 0 Å². The number of hydrogen-bond acceptors (Lipinski definition) is 6. The molecule has 4 aromatic rings. The van der Waals surface area contributed by atoms with Gasteiger partial charge in [0.2, 0.25) is 11.7 Å². The first-order valence-corrected chi connectivity index (χ1v) is 10.1. The number of oxazole rings is 1. The third-order valence-electron chi connectivity index (χ3n) is 5.51. The van der Waals surface area contributed by atoms with Crippen molar-refractivity contribution in [2.45, 2.75) is 38.3 Å². The number of nitrogens with one attached hydrogen (secondary N) is 1. The molecule has 5 rings (SSSR count). The second kappa shape index (κ2) is 7.44. The van der Waals surface area contributed by atoms with Gasteiger partial charge in [0.15, 0.2) is 5.69 Å². The number of aliphatic hydroxyl groups is 1. The molecular weight excluding hydrogens is 441 g/mol. The number of carbonyl (C=O) groups excluding carboxylic acids is 1. The quantitative estimate of drug-likeness (QED) is 0.484. The molecule has 0 bridgehead atoms. The highest BCUT2D eigenvalue weighted by molar-refractivity contribution is 5.93. The molecule has 1 atom stereocenters. The van der Waals surface area contributed by atoms with Crippen molar-refractivity contribution in [3.05, 3.63) is 71.0 Å². The van der Waals surface area contributed by atoms with Crippen LogP contribution in [0.4, 0.5) is 13.2 Å². The number of imidazole rings is 1. The number of alkyl halides is 2. The maximum Gasteiger partial charge on any atom is 0.292 e. The fraction of sp³-hybridized carbons (Fsp3) is 0.333. The summed E-state index contributed by atoms with van der Waals surface area (Å²) in [4.78, 5) is 25.8. The summed E-state index contributed by atoms with van der Waals surface area (Å²) in [5.74, 6) is -2.42. The van der Waals surface area contributed by atoms with Crippen LogP contribution in [0.3, 0.4) is 0 Å². The van der Waals surface area contributed by atoms with E-state index in [-0.39, 0.29) is 12.1 Å². The number of halogens is 3. The van der Waals surface area contributed by atoms with Crippen molar-refractivity contribution in [1.29, 1.82) is 0 Å². The number of carbonyl (C=O) groups is 1. The van der Waals surface area contributed by atoms with E-state index in [1.807, 2.05) is 0 Å². The average molecular weight is 460 g/mol. The first-order valence-electron chi connectivity index (χ1n) is 10.1. The van der Waals surface area contributed by atoms with Crippen LogP contribution in [0.1, 0.15) is 65.5 Å². The molecule has 1 aliphatic rings. The third-order valence-corrected chi connectivity index (χ3v) is 5.51. The number of aromatic amines is 1. The van der Waals surface area contributed by atoms with Gasteiger partial charge >= 0.3 is 0 Å². The zero-order valence-electron chi connectivity index (χ0n) is 17.6. The molecular formula is C21H19F3N6O3. The largest absolute Gasteiger partial charge is 0.432 e. The number of fused-ring (bicyclic) bond motifs is 2. The predicted molar refractivity (Wildman–Crippen MR) is 107 cm³/mol. The van der Waals surface area contributed by atoms with Crippen LogP contribution < -0.4 is 0 Å². The predicted octanol–water partition coefficient (Wildman–Crippen LogP) is 3.14. The fourth-order valence-corrected chi connectivity index (χ4v) is 3.95. The molecule has 0 aromatic carbocycles. The Bertz CT molecular complexity index is 1350. The van der Waals surface area contributed by atoms with Gasteiger partial charge in [-0.15, -0.1) is 0 Å². The van der Waals surface area contributed by atoms with Gasteiger partial charge < -0.3 is 19.4 Å². The third kappa shape index (κ3) is 3.46. The summed E-state index contributed by atoms with van der Waals surface area (Å²) in [6.45, 7) is 2.76. The van der Waals surface area contributed by atoms with Gasteiger partial charge in [0.05, 0.1) is 17.7 Å². The van der Waals surface area contributed by atoms with Crippen molar-refractivity contribution in [3.63, 3.8) is 0 Å². The molecule has 9 nitrogen and oxygen atoms in total. The van der Waals surface area contributed by atoms with Crippen LogP contribution in [0.2, 0.25) is 0 Å². The lowest BCUT2D eigenvalue weighted by atomic mass is 9.99. The molecule has 33 heavy (non-hydrogen) atoms. The van der Waals surface area contributed by atoms with Gasteiger partial charge in [0, 0.05) is 24.9 Å². The van der Waals surface area contributed by atoms with Gasteiger partial charge in [0.1, 0.15) is 23.0 Å². The zero-order chi connectivity index (χ0) is 23.5. The van der Waals surface area contributed by atoms with Crippen molar-refractivity contribution >= 4 is 11.4 Å². The van der Waals surface area contributed by atoms with Crippen LogP contribution in [-0.4, -0.2) is 47.0 Å². The van der Waals surface area contributed by atoms with Crippen LogP contribution in [0.25, 0.3) is 5.52 Å². The van der Waals surface area contributed by atoms with E-state index in [2.05, 4.69) is 20.1 Å². The average Bonchev–Trinajstić information content (AvgIpc) is 3.49. The van der Waals surface area contributed by atoms with E-state index in [0.29, 0.717) is 17.8 Å². The Hall–Kier alpha value is -3.67. The van der Waals surface area contributed by atoms with Gasteiger partial charge in [-0.05, 0) is 32.0 Å². The summed E-state index contributed by atoms with van der Waals surface area (Å²) in [7, 11) is 0. The minimum atomic E-state index is -3.10. The van der Waals surface area contributed by atoms with Crippen LogP contribution in [0.5, 0.6) is 0 Å². The van der Waals surface area contributed by atoms with Gasteiger partial charge in [-0.2, -0.15) is 5.10 Å². The van der Waals surface area contributed by atoms with Crippen LogP contribution in [0.15, 0.2) is 35.1 Å². The Morgan fingerprint density at radius 1 is 1.39 bits per heavy atom. The van der Waals surface area contributed by atoms with Crippen molar-refractivity contribution in [1.82, 2.24) is 29.5 Å². The molecule has 0 spiro atoms. The normalized spacial score (nSPS) is 16.6. The van der Waals surface area contributed by atoms with Crippen molar-refractivity contribution in [2.75, 3.05) is 6.54 Å². The lowest BCUT2D eigenvalue weighted by Gasteiger charge is -2.33. The van der Waals surface area contributed by atoms with E-state index < -0.39 is 47.1 Å². The Labute approximate surface area is 184 Å². The SMILES string of the molecule is CC(C)(O)c1nc(C(F)F)c(C(=O)N2CCc3[nH]cnc3[C@H]2c2cc3c(F)cccn3n2)o1. The highest BCUT2D eigenvalue weighted by atomic mass is 19.3. The Morgan fingerprint density at radius 3 is 2.88 bits per heavy atom. The molecule has 0 saturated carbocycles. The summed E-state index contributed by atoms with van der Waals surface area (Å²) in [6, 6.07) is 3.38. The molecule has 2 N–H and O–H groups in total. The molecule has 0 aliphatic carbocycles. The van der Waals surface area contributed by atoms with Crippen molar-refractivity contribution in [2.24, 2.45) is 0 Å². The monoisotopic (exact) mass is 460 g/mol. The summed E-state index contributed by atoms with van der Waals surface area (Å²) in [6.07, 6.45) is 0.310. The Kier molecular flexibility index (Phi) is 4.78. The van der Waals surface area contributed by atoms with Crippen LogP contribution >= 0.6 is 0 Å². The number of H-pyrrole nitrogens is 1. The minimum absolute atomic E-state index is 0.135. The first kappa shape index (κ1) is 21.2. The molecule has 1 amide bonds. The summed E-state index contributed by atoms with van der Waals surface area (Å²) in [5.41, 5.74) is -0.797. The summed E-state index contributed by atoms with van der Waals surface area (Å²) in [5, 5.41) is 14.5. The molecule has 0 unspecified atom stereocenters. The van der Waals surface area contributed by atoms with E-state index in [9.17, 15) is 23.1 Å². The second-order valence-corrected chi connectivity index (χ2v) is 8.27. The second-order valence-electron chi connectivity index (χ2n) is 8.27. The molecule has 0 saturated heterocycles. The summed E-state index contributed by atoms with van der Waals surface area (Å²) >= 11 is 0. The van der Waals surface area contributed by atoms with E-state index in [0.717, 1.165) is 5.69 Å². The molecule has 4 aromatic heterocycles. The first-order chi connectivity index (χ1) is 15.6. The number of rotatable bonds is 4. The smallest absolute Gasteiger partial charge is 0.292 e.